The number of nitrogens with one attached hydrogen (secondary N) is 1. The van der Waals surface area contributed by atoms with Crippen molar-refractivity contribution in [3.05, 3.63) is 42.5 Å². The summed E-state index contributed by atoms with van der Waals surface area (Å²) < 4.78 is 1.89. The lowest BCUT2D eigenvalue weighted by Gasteiger charge is -2.07. The predicted octanol–water partition coefficient (Wildman–Crippen LogP) is 1.65. The van der Waals surface area contributed by atoms with E-state index in [2.05, 4.69) is 21.5 Å². The number of pyridine rings is 1. The normalized spacial score (nSPS) is 9.82. The van der Waals surface area contributed by atoms with E-state index in [0.29, 0.717) is 5.56 Å². The van der Waals surface area contributed by atoms with Crippen molar-refractivity contribution >= 4 is 5.69 Å². The van der Waals surface area contributed by atoms with Crippen molar-refractivity contribution in [2.75, 3.05) is 11.9 Å². The number of nitriles is 1. The molecule has 0 aromatic carbocycles. The second-order valence-corrected chi connectivity index (χ2v) is 3.58. The number of nitrogens with zero attached hydrogens (tertiary/aromatic N) is 4. The fourth-order valence-corrected chi connectivity index (χ4v) is 1.53. The lowest BCUT2D eigenvalue weighted by Crippen LogP contribution is -2.08. The van der Waals surface area contributed by atoms with Crippen molar-refractivity contribution in [2.45, 2.75) is 13.0 Å². The van der Waals surface area contributed by atoms with E-state index in [9.17, 15) is 0 Å². The quantitative estimate of drug-likeness (QED) is 0.789. The van der Waals surface area contributed by atoms with E-state index in [1.807, 2.05) is 16.9 Å². The van der Waals surface area contributed by atoms with Crippen molar-refractivity contribution < 1.29 is 0 Å². The zero-order valence-corrected chi connectivity index (χ0v) is 9.37. The van der Waals surface area contributed by atoms with Gasteiger partial charge in [-0.05, 0) is 18.6 Å². The third kappa shape index (κ3) is 3.05. The summed E-state index contributed by atoms with van der Waals surface area (Å²) in [6.07, 6.45) is 7.94. The van der Waals surface area contributed by atoms with Crippen molar-refractivity contribution in [2.24, 2.45) is 0 Å². The molecule has 0 saturated carbocycles. The molecule has 2 aromatic rings. The molecule has 0 spiro atoms. The molecule has 86 valence electrons. The van der Waals surface area contributed by atoms with Gasteiger partial charge in [-0.2, -0.15) is 10.4 Å². The van der Waals surface area contributed by atoms with Crippen molar-refractivity contribution in [3.8, 4) is 6.07 Å². The molecule has 0 saturated heterocycles. The van der Waals surface area contributed by atoms with Crippen LogP contribution in [0.2, 0.25) is 0 Å². The van der Waals surface area contributed by atoms with E-state index in [1.54, 1.807) is 24.7 Å². The van der Waals surface area contributed by atoms with Crippen LogP contribution < -0.4 is 5.32 Å². The van der Waals surface area contributed by atoms with Gasteiger partial charge < -0.3 is 5.32 Å². The highest BCUT2D eigenvalue weighted by molar-refractivity contribution is 5.55. The second kappa shape index (κ2) is 5.66. The Labute approximate surface area is 99.7 Å². The molecule has 0 aliphatic rings. The van der Waals surface area contributed by atoms with Crippen LogP contribution in [-0.4, -0.2) is 21.3 Å². The molecule has 2 aromatic heterocycles. The lowest BCUT2D eigenvalue weighted by molar-refractivity contribution is 0.592. The number of hydrogen-bond donors (Lipinski definition) is 1. The average Bonchev–Trinajstić information content (AvgIpc) is 2.88. The standard InChI is InChI=1S/C12H13N5/c13-9-11-3-6-14-10-12(11)15-4-1-7-17-8-2-5-16-17/h2-3,5-6,8,10,15H,1,4,7H2. The topological polar surface area (TPSA) is 66.5 Å². The van der Waals surface area contributed by atoms with Gasteiger partial charge in [0.25, 0.3) is 0 Å². The molecular formula is C12H13N5. The number of anilines is 1. The molecule has 0 radical (unpaired) electrons. The minimum atomic E-state index is 0.624. The summed E-state index contributed by atoms with van der Waals surface area (Å²) in [6, 6.07) is 5.74. The van der Waals surface area contributed by atoms with Crippen LogP contribution in [0.3, 0.4) is 0 Å². The van der Waals surface area contributed by atoms with E-state index in [-0.39, 0.29) is 0 Å². The molecule has 0 fully saturated rings. The summed E-state index contributed by atoms with van der Waals surface area (Å²) in [5, 5.41) is 16.2. The Hall–Kier alpha value is -2.35. The minimum absolute atomic E-state index is 0.624. The Kier molecular flexibility index (Phi) is 3.71. The predicted molar refractivity (Wildman–Crippen MR) is 64.3 cm³/mol. The number of rotatable bonds is 5. The smallest absolute Gasteiger partial charge is 0.101 e. The first-order chi connectivity index (χ1) is 8.40. The molecular weight excluding hydrogens is 214 g/mol. The van der Waals surface area contributed by atoms with Crippen LogP contribution in [-0.2, 0) is 6.54 Å². The van der Waals surface area contributed by atoms with E-state index in [4.69, 9.17) is 5.26 Å². The van der Waals surface area contributed by atoms with Crippen LogP contribution >= 0.6 is 0 Å². The molecule has 2 heterocycles. The summed E-state index contributed by atoms with van der Waals surface area (Å²) in [7, 11) is 0. The molecule has 0 unspecified atom stereocenters. The van der Waals surface area contributed by atoms with Gasteiger partial charge >= 0.3 is 0 Å². The Balaban J connectivity index is 1.80. The lowest BCUT2D eigenvalue weighted by atomic mass is 10.2. The SMILES string of the molecule is N#Cc1ccncc1NCCCn1cccn1. The summed E-state index contributed by atoms with van der Waals surface area (Å²) in [5.74, 6) is 0. The van der Waals surface area contributed by atoms with Gasteiger partial charge in [0.2, 0.25) is 0 Å². The van der Waals surface area contributed by atoms with Gasteiger partial charge in [-0.15, -0.1) is 0 Å². The van der Waals surface area contributed by atoms with Gasteiger partial charge in [-0.1, -0.05) is 0 Å². The monoisotopic (exact) mass is 227 g/mol. The first-order valence-electron chi connectivity index (χ1n) is 5.45. The highest BCUT2D eigenvalue weighted by Crippen LogP contribution is 2.11. The zero-order chi connectivity index (χ0) is 11.9. The zero-order valence-electron chi connectivity index (χ0n) is 9.37. The fourth-order valence-electron chi connectivity index (χ4n) is 1.53. The molecule has 0 aliphatic heterocycles. The first kappa shape index (κ1) is 11.1. The largest absolute Gasteiger partial charge is 0.383 e. The summed E-state index contributed by atoms with van der Waals surface area (Å²) in [6.45, 7) is 1.66. The summed E-state index contributed by atoms with van der Waals surface area (Å²) in [4.78, 5) is 3.99. The van der Waals surface area contributed by atoms with Crippen molar-refractivity contribution in [3.63, 3.8) is 0 Å². The minimum Gasteiger partial charge on any atom is -0.383 e. The fraction of sp³-hybridized carbons (Fsp3) is 0.250. The maximum atomic E-state index is 8.89. The van der Waals surface area contributed by atoms with Gasteiger partial charge in [0.1, 0.15) is 6.07 Å². The maximum absolute atomic E-state index is 8.89. The van der Waals surface area contributed by atoms with E-state index >= 15 is 0 Å². The third-order valence-corrected chi connectivity index (χ3v) is 2.38. The summed E-state index contributed by atoms with van der Waals surface area (Å²) >= 11 is 0. The molecule has 5 nitrogen and oxygen atoms in total. The van der Waals surface area contributed by atoms with Crippen LogP contribution in [0.1, 0.15) is 12.0 Å². The third-order valence-electron chi connectivity index (χ3n) is 2.38. The molecule has 0 atom stereocenters. The van der Waals surface area contributed by atoms with Gasteiger partial charge in [0.15, 0.2) is 0 Å². The maximum Gasteiger partial charge on any atom is 0.101 e. The second-order valence-electron chi connectivity index (χ2n) is 3.58. The Bertz CT molecular complexity index is 498. The van der Waals surface area contributed by atoms with Crippen molar-refractivity contribution in [1.29, 1.82) is 5.26 Å². The van der Waals surface area contributed by atoms with Gasteiger partial charge in [-0.25, -0.2) is 0 Å². The van der Waals surface area contributed by atoms with Crippen LogP contribution in [0.5, 0.6) is 0 Å². The van der Waals surface area contributed by atoms with Gasteiger partial charge in [0.05, 0.1) is 17.4 Å². The first-order valence-corrected chi connectivity index (χ1v) is 5.45. The van der Waals surface area contributed by atoms with Crippen LogP contribution in [0.25, 0.3) is 0 Å². The molecule has 17 heavy (non-hydrogen) atoms. The highest BCUT2D eigenvalue weighted by Gasteiger charge is 1.99. The molecule has 0 aliphatic carbocycles. The summed E-state index contributed by atoms with van der Waals surface area (Å²) in [5.41, 5.74) is 1.41. The average molecular weight is 227 g/mol. The Morgan fingerprint density at radius 3 is 3.12 bits per heavy atom. The van der Waals surface area contributed by atoms with Crippen LogP contribution in [0, 0.1) is 11.3 Å². The molecule has 0 bridgehead atoms. The Morgan fingerprint density at radius 1 is 1.41 bits per heavy atom. The van der Waals surface area contributed by atoms with E-state index < -0.39 is 0 Å². The van der Waals surface area contributed by atoms with Crippen LogP contribution in [0.15, 0.2) is 36.9 Å². The van der Waals surface area contributed by atoms with E-state index in [0.717, 1.165) is 25.2 Å². The molecule has 0 amide bonds. The van der Waals surface area contributed by atoms with Gasteiger partial charge in [-0.3, -0.25) is 9.67 Å². The van der Waals surface area contributed by atoms with Gasteiger partial charge in [0, 0.05) is 31.7 Å². The number of aromatic nitrogens is 3. The number of hydrogen-bond acceptors (Lipinski definition) is 4. The Morgan fingerprint density at radius 2 is 2.35 bits per heavy atom. The highest BCUT2D eigenvalue weighted by atomic mass is 15.3. The van der Waals surface area contributed by atoms with Crippen LogP contribution in [0.4, 0.5) is 5.69 Å². The van der Waals surface area contributed by atoms with E-state index in [1.165, 1.54) is 0 Å². The molecule has 2 rings (SSSR count). The molecule has 5 heteroatoms. The number of aryl methyl sites for hydroxylation is 1. The van der Waals surface area contributed by atoms with Crippen molar-refractivity contribution in [1.82, 2.24) is 14.8 Å². The molecule has 1 N–H and O–H groups in total.